The molecule has 0 aliphatic carbocycles. The predicted octanol–water partition coefficient (Wildman–Crippen LogP) is 4.26. The van der Waals surface area contributed by atoms with Gasteiger partial charge in [-0.15, -0.1) is 0 Å². The highest BCUT2D eigenvalue weighted by Crippen LogP contribution is 2.30. The molecule has 0 saturated carbocycles. The molecule has 1 nitrogen and oxygen atoms in total. The van der Waals surface area contributed by atoms with Gasteiger partial charge in [0.25, 0.3) is 0 Å². The van der Waals surface area contributed by atoms with Crippen LogP contribution in [0.5, 0.6) is 5.75 Å². The molecule has 0 amide bonds. The van der Waals surface area contributed by atoms with Crippen molar-refractivity contribution in [2.45, 2.75) is 0 Å². The summed E-state index contributed by atoms with van der Waals surface area (Å²) in [6.07, 6.45) is 0. The van der Waals surface area contributed by atoms with E-state index in [0.29, 0.717) is 0 Å². The van der Waals surface area contributed by atoms with E-state index in [-0.39, 0.29) is 5.82 Å². The number of methoxy groups -OCH3 is 1. The monoisotopic (exact) mass is 280 g/mol. The summed E-state index contributed by atoms with van der Waals surface area (Å²) in [5.41, 5.74) is 2.00. The van der Waals surface area contributed by atoms with E-state index in [4.69, 9.17) is 4.74 Å². The first-order valence-electron chi connectivity index (χ1n) is 4.80. The quantitative estimate of drug-likeness (QED) is 0.799. The van der Waals surface area contributed by atoms with E-state index < -0.39 is 0 Å². The van der Waals surface area contributed by atoms with Crippen LogP contribution in [0.4, 0.5) is 4.39 Å². The fourth-order valence-corrected chi connectivity index (χ4v) is 2.03. The Kier molecular flexibility index (Phi) is 3.25. The molecule has 0 atom stereocenters. The molecule has 0 heterocycles. The molecule has 0 N–H and O–H groups in total. The van der Waals surface area contributed by atoms with Crippen molar-refractivity contribution in [1.29, 1.82) is 0 Å². The average molecular weight is 281 g/mol. The standard InChI is InChI=1S/C13H10BrFO/c1-16-13-7-4-10(8-12(13)14)9-2-5-11(15)6-3-9/h2-8H,1H3. The highest BCUT2D eigenvalue weighted by molar-refractivity contribution is 9.10. The Morgan fingerprint density at radius 1 is 1.00 bits per heavy atom. The van der Waals surface area contributed by atoms with Crippen molar-refractivity contribution >= 4 is 15.9 Å². The lowest BCUT2D eigenvalue weighted by Crippen LogP contribution is -1.85. The topological polar surface area (TPSA) is 9.23 Å². The Labute approximate surface area is 102 Å². The minimum absolute atomic E-state index is 0.226. The lowest BCUT2D eigenvalue weighted by molar-refractivity contribution is 0.412. The van der Waals surface area contributed by atoms with Crippen molar-refractivity contribution in [1.82, 2.24) is 0 Å². The number of rotatable bonds is 2. The molecule has 2 aromatic rings. The van der Waals surface area contributed by atoms with Gasteiger partial charge >= 0.3 is 0 Å². The Balaban J connectivity index is 2.41. The Morgan fingerprint density at radius 2 is 1.62 bits per heavy atom. The fraction of sp³-hybridized carbons (Fsp3) is 0.0769. The van der Waals surface area contributed by atoms with E-state index in [1.54, 1.807) is 19.2 Å². The second-order valence-corrected chi connectivity index (χ2v) is 4.21. The third-order valence-corrected chi connectivity index (χ3v) is 2.95. The average Bonchev–Trinajstić information content (AvgIpc) is 2.30. The number of halogens is 2. The molecular formula is C13H10BrFO. The fourth-order valence-electron chi connectivity index (χ4n) is 1.49. The van der Waals surface area contributed by atoms with Crippen LogP contribution in [0.15, 0.2) is 46.9 Å². The van der Waals surface area contributed by atoms with E-state index >= 15 is 0 Å². The molecule has 0 aromatic heterocycles. The van der Waals surface area contributed by atoms with Gasteiger partial charge in [0, 0.05) is 0 Å². The smallest absolute Gasteiger partial charge is 0.133 e. The number of hydrogen-bond donors (Lipinski definition) is 0. The summed E-state index contributed by atoms with van der Waals surface area (Å²) in [6.45, 7) is 0. The van der Waals surface area contributed by atoms with Crippen molar-refractivity contribution in [2.24, 2.45) is 0 Å². The van der Waals surface area contributed by atoms with Crippen LogP contribution < -0.4 is 4.74 Å². The molecule has 0 unspecified atom stereocenters. The maximum absolute atomic E-state index is 12.8. The predicted molar refractivity (Wildman–Crippen MR) is 66.1 cm³/mol. The number of ether oxygens (including phenoxy) is 1. The summed E-state index contributed by atoms with van der Waals surface area (Å²) in [4.78, 5) is 0. The lowest BCUT2D eigenvalue weighted by atomic mass is 10.1. The molecule has 0 bridgehead atoms. The Bertz CT molecular complexity index is 494. The van der Waals surface area contributed by atoms with Gasteiger partial charge in [-0.1, -0.05) is 18.2 Å². The molecule has 0 radical (unpaired) electrons. The zero-order chi connectivity index (χ0) is 11.5. The van der Waals surface area contributed by atoms with Gasteiger partial charge in [-0.25, -0.2) is 4.39 Å². The van der Waals surface area contributed by atoms with Crippen molar-refractivity contribution in [3.63, 3.8) is 0 Å². The van der Waals surface area contributed by atoms with Gasteiger partial charge in [0.1, 0.15) is 11.6 Å². The van der Waals surface area contributed by atoms with Crippen LogP contribution in [0, 0.1) is 5.82 Å². The van der Waals surface area contributed by atoms with Crippen molar-refractivity contribution in [2.75, 3.05) is 7.11 Å². The largest absolute Gasteiger partial charge is 0.496 e. The van der Waals surface area contributed by atoms with Crippen molar-refractivity contribution in [3.8, 4) is 16.9 Å². The molecule has 82 valence electrons. The molecule has 2 aromatic carbocycles. The van der Waals surface area contributed by atoms with E-state index in [1.807, 2.05) is 18.2 Å². The van der Waals surface area contributed by atoms with Gasteiger partial charge in [-0.3, -0.25) is 0 Å². The van der Waals surface area contributed by atoms with Crippen molar-refractivity contribution in [3.05, 3.63) is 52.8 Å². The third kappa shape index (κ3) is 2.25. The van der Waals surface area contributed by atoms with E-state index in [2.05, 4.69) is 15.9 Å². The van der Waals surface area contributed by atoms with E-state index in [1.165, 1.54) is 12.1 Å². The van der Waals surface area contributed by atoms with Gasteiger partial charge in [-0.2, -0.15) is 0 Å². The normalized spacial score (nSPS) is 10.2. The zero-order valence-electron chi connectivity index (χ0n) is 8.71. The summed E-state index contributed by atoms with van der Waals surface area (Å²) in [5, 5.41) is 0. The molecule has 0 saturated heterocycles. The second kappa shape index (κ2) is 4.66. The summed E-state index contributed by atoms with van der Waals surface area (Å²) < 4.78 is 18.8. The maximum atomic E-state index is 12.8. The zero-order valence-corrected chi connectivity index (χ0v) is 10.3. The van der Waals surface area contributed by atoms with Gasteiger partial charge in [0.05, 0.1) is 11.6 Å². The van der Waals surface area contributed by atoms with Crippen LogP contribution >= 0.6 is 15.9 Å². The first kappa shape index (κ1) is 11.1. The highest BCUT2D eigenvalue weighted by Gasteiger charge is 2.03. The van der Waals surface area contributed by atoms with Gasteiger partial charge < -0.3 is 4.74 Å². The lowest BCUT2D eigenvalue weighted by Gasteiger charge is -2.06. The first-order valence-corrected chi connectivity index (χ1v) is 5.59. The van der Waals surface area contributed by atoms with Gasteiger partial charge in [0.2, 0.25) is 0 Å². The molecule has 16 heavy (non-hydrogen) atoms. The Hall–Kier alpha value is -1.35. The minimum atomic E-state index is -0.226. The molecular weight excluding hydrogens is 271 g/mol. The molecule has 2 rings (SSSR count). The minimum Gasteiger partial charge on any atom is -0.496 e. The summed E-state index contributed by atoms with van der Waals surface area (Å²) in [5.74, 6) is 0.558. The SMILES string of the molecule is COc1ccc(-c2ccc(F)cc2)cc1Br. The first-order chi connectivity index (χ1) is 7.70. The molecule has 0 aliphatic heterocycles. The molecule has 0 aliphatic rings. The summed E-state index contributed by atoms with van der Waals surface area (Å²) >= 11 is 3.42. The summed E-state index contributed by atoms with van der Waals surface area (Å²) in [7, 11) is 1.62. The van der Waals surface area contributed by atoms with Crippen LogP contribution in [0.3, 0.4) is 0 Å². The van der Waals surface area contributed by atoms with Gasteiger partial charge in [0.15, 0.2) is 0 Å². The summed E-state index contributed by atoms with van der Waals surface area (Å²) in [6, 6.07) is 12.2. The number of hydrogen-bond acceptors (Lipinski definition) is 1. The van der Waals surface area contributed by atoms with Crippen LogP contribution in [-0.4, -0.2) is 7.11 Å². The molecule has 3 heteroatoms. The van der Waals surface area contributed by atoms with Crippen LogP contribution in [0.25, 0.3) is 11.1 Å². The van der Waals surface area contributed by atoms with E-state index in [0.717, 1.165) is 21.3 Å². The van der Waals surface area contributed by atoms with Gasteiger partial charge in [-0.05, 0) is 51.3 Å². The van der Waals surface area contributed by atoms with Crippen LogP contribution in [0.2, 0.25) is 0 Å². The molecule has 0 fully saturated rings. The highest BCUT2D eigenvalue weighted by atomic mass is 79.9. The van der Waals surface area contributed by atoms with Crippen LogP contribution in [0.1, 0.15) is 0 Å². The second-order valence-electron chi connectivity index (χ2n) is 3.36. The number of benzene rings is 2. The maximum Gasteiger partial charge on any atom is 0.133 e. The Morgan fingerprint density at radius 3 is 2.19 bits per heavy atom. The van der Waals surface area contributed by atoms with Crippen LogP contribution in [-0.2, 0) is 0 Å². The van der Waals surface area contributed by atoms with Crippen molar-refractivity contribution < 1.29 is 9.13 Å². The molecule has 0 spiro atoms. The third-order valence-electron chi connectivity index (χ3n) is 2.33. The van der Waals surface area contributed by atoms with E-state index in [9.17, 15) is 4.39 Å².